The van der Waals surface area contributed by atoms with Crippen LogP contribution in [0.15, 0.2) is 30.9 Å². The van der Waals surface area contributed by atoms with Crippen molar-refractivity contribution in [3.8, 4) is 5.75 Å². The normalized spacial score (nSPS) is 10.4. The number of nitrogens with one attached hydrogen (secondary N) is 2. The fourth-order valence-electron chi connectivity index (χ4n) is 1.54. The molecule has 0 unspecified atom stereocenters. The van der Waals surface area contributed by atoms with Crippen LogP contribution in [-0.4, -0.2) is 25.1 Å². The van der Waals surface area contributed by atoms with Gasteiger partial charge in [-0.3, -0.25) is 4.79 Å². The topological polar surface area (TPSA) is 50.4 Å². The fraction of sp³-hybridized carbons (Fsp3) is 0.400. The first kappa shape index (κ1) is 16.2. The van der Waals surface area contributed by atoms with Gasteiger partial charge in [-0.05, 0) is 6.07 Å². The smallest absolute Gasteiger partial charge is 0.258 e. The molecule has 110 valence electrons. The fourth-order valence-corrected chi connectivity index (χ4v) is 1.54. The molecule has 0 spiro atoms. The molecule has 0 radical (unpaired) electrons. The third kappa shape index (κ3) is 5.40. The quantitative estimate of drug-likeness (QED) is 0.716. The van der Waals surface area contributed by atoms with Crippen LogP contribution in [0.2, 0.25) is 0 Å². The van der Waals surface area contributed by atoms with Crippen LogP contribution in [0.1, 0.15) is 19.4 Å². The van der Waals surface area contributed by atoms with Crippen molar-refractivity contribution in [3.63, 3.8) is 0 Å². The number of benzene rings is 1. The lowest BCUT2D eigenvalue weighted by molar-refractivity contribution is -0.122. The van der Waals surface area contributed by atoms with Gasteiger partial charge in [-0.25, -0.2) is 4.39 Å². The van der Waals surface area contributed by atoms with Gasteiger partial charge in [0.2, 0.25) is 0 Å². The number of rotatable bonds is 8. The molecule has 0 atom stereocenters. The molecule has 0 aliphatic rings. The summed E-state index contributed by atoms with van der Waals surface area (Å²) in [5, 5.41) is 5.76. The summed E-state index contributed by atoms with van der Waals surface area (Å²) >= 11 is 0. The van der Waals surface area contributed by atoms with E-state index in [1.54, 1.807) is 18.2 Å². The molecular weight excluding hydrogens is 259 g/mol. The number of para-hydroxylation sites is 1. The van der Waals surface area contributed by atoms with Crippen LogP contribution in [-0.2, 0) is 11.3 Å². The molecule has 5 heteroatoms. The number of carbonyl (C=O) groups excluding carboxylic acids is 1. The van der Waals surface area contributed by atoms with Crippen LogP contribution in [0.3, 0.4) is 0 Å². The first-order valence-electron chi connectivity index (χ1n) is 6.55. The maximum Gasteiger partial charge on any atom is 0.258 e. The van der Waals surface area contributed by atoms with Gasteiger partial charge in [0, 0.05) is 24.7 Å². The van der Waals surface area contributed by atoms with E-state index >= 15 is 0 Å². The molecule has 0 heterocycles. The average Bonchev–Trinajstić information content (AvgIpc) is 2.41. The maximum absolute atomic E-state index is 13.8. The number of ether oxygens (including phenoxy) is 1. The Labute approximate surface area is 119 Å². The average molecular weight is 280 g/mol. The zero-order valence-electron chi connectivity index (χ0n) is 11.9. The van der Waals surface area contributed by atoms with Crippen molar-refractivity contribution >= 4 is 5.91 Å². The first-order valence-corrected chi connectivity index (χ1v) is 6.55. The molecule has 1 amide bonds. The van der Waals surface area contributed by atoms with E-state index in [2.05, 4.69) is 17.2 Å². The van der Waals surface area contributed by atoms with Crippen molar-refractivity contribution < 1.29 is 13.9 Å². The zero-order valence-corrected chi connectivity index (χ0v) is 11.9. The van der Waals surface area contributed by atoms with Gasteiger partial charge in [0.15, 0.2) is 18.2 Å². The zero-order chi connectivity index (χ0) is 15.0. The number of halogens is 1. The number of hydrogen-bond acceptors (Lipinski definition) is 3. The van der Waals surface area contributed by atoms with E-state index in [0.29, 0.717) is 18.7 Å². The molecule has 0 aromatic heterocycles. The Balaban J connectivity index is 2.67. The van der Waals surface area contributed by atoms with E-state index < -0.39 is 5.82 Å². The minimum atomic E-state index is -0.468. The molecule has 2 N–H and O–H groups in total. The van der Waals surface area contributed by atoms with Gasteiger partial charge in [0.05, 0.1) is 0 Å². The molecule has 0 bridgehead atoms. The van der Waals surface area contributed by atoms with Crippen LogP contribution in [0.25, 0.3) is 0 Å². The van der Waals surface area contributed by atoms with Gasteiger partial charge < -0.3 is 15.4 Å². The Morgan fingerprint density at radius 1 is 1.50 bits per heavy atom. The highest BCUT2D eigenvalue weighted by atomic mass is 19.1. The monoisotopic (exact) mass is 280 g/mol. The Kier molecular flexibility index (Phi) is 6.73. The summed E-state index contributed by atoms with van der Waals surface area (Å²) in [6.07, 6.45) is 1.57. The molecule has 0 aliphatic carbocycles. The van der Waals surface area contributed by atoms with Crippen molar-refractivity contribution in [1.29, 1.82) is 0 Å². The van der Waals surface area contributed by atoms with Crippen LogP contribution in [0, 0.1) is 5.82 Å². The Bertz CT molecular complexity index is 461. The molecule has 20 heavy (non-hydrogen) atoms. The number of amides is 1. The van der Waals surface area contributed by atoms with Gasteiger partial charge in [0.25, 0.3) is 5.91 Å². The van der Waals surface area contributed by atoms with E-state index in [9.17, 15) is 9.18 Å². The highest BCUT2D eigenvalue weighted by Gasteiger charge is 2.11. The van der Waals surface area contributed by atoms with Crippen molar-refractivity contribution in [2.75, 3.05) is 13.2 Å². The second-order valence-corrected chi connectivity index (χ2v) is 4.65. The number of hydrogen-bond donors (Lipinski definition) is 2. The summed E-state index contributed by atoms with van der Waals surface area (Å²) < 4.78 is 19.1. The molecule has 1 rings (SSSR count). The third-order valence-electron chi connectivity index (χ3n) is 2.54. The van der Waals surface area contributed by atoms with Crippen LogP contribution < -0.4 is 15.4 Å². The second kappa shape index (κ2) is 8.32. The number of carbonyl (C=O) groups is 1. The summed E-state index contributed by atoms with van der Waals surface area (Å²) in [6.45, 7) is 8.13. The highest BCUT2D eigenvalue weighted by molar-refractivity contribution is 5.77. The van der Waals surface area contributed by atoms with Crippen LogP contribution in [0.4, 0.5) is 4.39 Å². The lowest BCUT2D eigenvalue weighted by Crippen LogP contribution is -2.29. The van der Waals surface area contributed by atoms with Gasteiger partial charge >= 0.3 is 0 Å². The van der Waals surface area contributed by atoms with Gasteiger partial charge in [0.1, 0.15) is 0 Å². The Hall–Kier alpha value is -1.88. The molecular formula is C15H21FN2O2. The second-order valence-electron chi connectivity index (χ2n) is 4.65. The van der Waals surface area contributed by atoms with Crippen molar-refractivity contribution in [3.05, 3.63) is 42.2 Å². The largest absolute Gasteiger partial charge is 0.480 e. The molecule has 1 aromatic carbocycles. The molecule has 0 aliphatic heterocycles. The van der Waals surface area contributed by atoms with Crippen molar-refractivity contribution in [2.24, 2.45) is 0 Å². The lowest BCUT2D eigenvalue weighted by Gasteiger charge is -2.14. The highest BCUT2D eigenvalue weighted by Crippen LogP contribution is 2.22. The summed E-state index contributed by atoms with van der Waals surface area (Å²) in [4.78, 5) is 11.4. The van der Waals surface area contributed by atoms with Gasteiger partial charge in [-0.15, -0.1) is 6.58 Å². The third-order valence-corrected chi connectivity index (χ3v) is 2.54. The maximum atomic E-state index is 13.8. The van der Waals surface area contributed by atoms with Crippen LogP contribution in [0.5, 0.6) is 5.75 Å². The summed E-state index contributed by atoms with van der Waals surface area (Å²) in [6, 6.07) is 4.99. The Morgan fingerprint density at radius 3 is 2.90 bits per heavy atom. The van der Waals surface area contributed by atoms with Crippen molar-refractivity contribution in [2.45, 2.75) is 26.4 Å². The summed E-state index contributed by atoms with van der Waals surface area (Å²) in [5.74, 6) is -0.657. The minimum Gasteiger partial charge on any atom is -0.480 e. The van der Waals surface area contributed by atoms with Gasteiger partial charge in [-0.1, -0.05) is 32.1 Å². The van der Waals surface area contributed by atoms with Gasteiger partial charge in [-0.2, -0.15) is 0 Å². The first-order chi connectivity index (χ1) is 9.54. The molecule has 0 saturated carbocycles. The van der Waals surface area contributed by atoms with E-state index in [4.69, 9.17) is 4.74 Å². The summed E-state index contributed by atoms with van der Waals surface area (Å²) in [7, 11) is 0. The van der Waals surface area contributed by atoms with Crippen LogP contribution >= 0.6 is 0 Å². The standard InChI is InChI=1S/C15H21FN2O2/c1-4-8-17-14(19)10-20-15-12(9-18-11(2)3)6-5-7-13(15)16/h4-7,11,18H,1,8-10H2,2-3H3,(H,17,19). The van der Waals surface area contributed by atoms with E-state index in [0.717, 1.165) is 0 Å². The van der Waals surface area contributed by atoms with E-state index in [-0.39, 0.29) is 24.3 Å². The molecule has 0 saturated heterocycles. The molecule has 1 aromatic rings. The minimum absolute atomic E-state index is 0.120. The predicted octanol–water partition coefficient (Wildman–Crippen LogP) is 2.00. The van der Waals surface area contributed by atoms with E-state index in [1.165, 1.54) is 6.07 Å². The predicted molar refractivity (Wildman–Crippen MR) is 77.1 cm³/mol. The lowest BCUT2D eigenvalue weighted by atomic mass is 10.2. The SMILES string of the molecule is C=CCNC(=O)COc1c(F)cccc1CNC(C)C. The summed E-state index contributed by atoms with van der Waals surface area (Å²) in [5.41, 5.74) is 0.690. The van der Waals surface area contributed by atoms with Crippen molar-refractivity contribution in [1.82, 2.24) is 10.6 Å². The Morgan fingerprint density at radius 2 is 2.25 bits per heavy atom. The molecule has 4 nitrogen and oxygen atoms in total. The van der Waals surface area contributed by atoms with E-state index in [1.807, 2.05) is 13.8 Å². The molecule has 0 fully saturated rings.